The molecular formula is C12H17FN2O3S. The van der Waals surface area contributed by atoms with E-state index in [1.165, 1.54) is 16.6 Å². The average molecular weight is 288 g/mol. The van der Waals surface area contributed by atoms with Crippen LogP contribution in [0.1, 0.15) is 19.8 Å². The van der Waals surface area contributed by atoms with Crippen molar-refractivity contribution in [3.63, 3.8) is 0 Å². The first kappa shape index (κ1) is 14.4. The van der Waals surface area contributed by atoms with E-state index >= 15 is 0 Å². The summed E-state index contributed by atoms with van der Waals surface area (Å²) < 4.78 is 39.4. The predicted octanol–water partition coefficient (Wildman–Crippen LogP) is 1.00. The first-order valence-electron chi connectivity index (χ1n) is 6.25. The fourth-order valence-corrected chi connectivity index (χ4v) is 3.78. The second-order valence-corrected chi connectivity index (χ2v) is 6.53. The monoisotopic (exact) mass is 288 g/mol. The van der Waals surface area contributed by atoms with Crippen LogP contribution in [0.15, 0.2) is 23.4 Å². The molecule has 1 fully saturated rings. The SMILES string of the molecule is CCC1CN(S(=O)(=O)c2ncccc2F)CCC1O. The molecule has 106 valence electrons. The van der Waals surface area contributed by atoms with Gasteiger partial charge in [-0.15, -0.1) is 0 Å². The number of pyridine rings is 1. The van der Waals surface area contributed by atoms with Crippen LogP contribution >= 0.6 is 0 Å². The van der Waals surface area contributed by atoms with Gasteiger partial charge < -0.3 is 5.11 Å². The van der Waals surface area contributed by atoms with Gasteiger partial charge in [-0.3, -0.25) is 0 Å². The van der Waals surface area contributed by atoms with E-state index in [9.17, 15) is 17.9 Å². The molecule has 1 aromatic heterocycles. The summed E-state index contributed by atoms with van der Waals surface area (Å²) in [6.45, 7) is 2.29. The number of aromatic nitrogens is 1. The first-order chi connectivity index (χ1) is 8.96. The van der Waals surface area contributed by atoms with E-state index < -0.39 is 27.0 Å². The van der Waals surface area contributed by atoms with Crippen LogP contribution in [0.3, 0.4) is 0 Å². The molecule has 0 saturated carbocycles. The standard InChI is InChI=1S/C12H17FN2O3S/c1-2-9-8-15(7-5-11(9)16)19(17,18)12-10(13)4-3-6-14-12/h3-4,6,9,11,16H,2,5,7-8H2,1H3. The maximum Gasteiger partial charge on any atom is 0.263 e. The van der Waals surface area contributed by atoms with Crippen molar-refractivity contribution in [1.82, 2.24) is 9.29 Å². The molecule has 0 aliphatic carbocycles. The van der Waals surface area contributed by atoms with E-state index in [2.05, 4.69) is 4.98 Å². The van der Waals surface area contributed by atoms with E-state index in [1.807, 2.05) is 6.92 Å². The molecule has 1 aliphatic rings. The molecule has 2 rings (SSSR count). The smallest absolute Gasteiger partial charge is 0.263 e. The molecule has 2 unspecified atom stereocenters. The molecule has 0 spiro atoms. The molecular weight excluding hydrogens is 271 g/mol. The predicted molar refractivity (Wildman–Crippen MR) is 67.4 cm³/mol. The summed E-state index contributed by atoms with van der Waals surface area (Å²) in [6, 6.07) is 2.43. The van der Waals surface area contributed by atoms with E-state index in [4.69, 9.17) is 0 Å². The van der Waals surface area contributed by atoms with Crippen LogP contribution in [0.25, 0.3) is 0 Å². The minimum atomic E-state index is -3.92. The maximum absolute atomic E-state index is 13.6. The number of sulfonamides is 1. The Labute approximate surface area is 112 Å². The van der Waals surface area contributed by atoms with Crippen molar-refractivity contribution in [2.75, 3.05) is 13.1 Å². The van der Waals surface area contributed by atoms with Gasteiger partial charge in [-0.25, -0.2) is 17.8 Å². The summed E-state index contributed by atoms with van der Waals surface area (Å²) in [5, 5.41) is 9.23. The van der Waals surface area contributed by atoms with Gasteiger partial charge in [-0.1, -0.05) is 6.92 Å². The summed E-state index contributed by atoms with van der Waals surface area (Å²) in [7, 11) is -3.92. The first-order valence-corrected chi connectivity index (χ1v) is 7.69. The maximum atomic E-state index is 13.6. The van der Waals surface area contributed by atoms with Crippen molar-refractivity contribution in [2.45, 2.75) is 30.9 Å². The van der Waals surface area contributed by atoms with Crippen LogP contribution in [0.5, 0.6) is 0 Å². The third-order valence-corrected chi connectivity index (χ3v) is 5.29. The van der Waals surface area contributed by atoms with Gasteiger partial charge in [0.1, 0.15) is 0 Å². The average Bonchev–Trinajstić information content (AvgIpc) is 2.39. The van der Waals surface area contributed by atoms with Crippen LogP contribution < -0.4 is 0 Å². The summed E-state index contributed by atoms with van der Waals surface area (Å²) in [6.07, 6.45) is 1.81. The molecule has 2 atom stereocenters. The van der Waals surface area contributed by atoms with E-state index in [0.29, 0.717) is 12.8 Å². The van der Waals surface area contributed by atoms with Crippen LogP contribution in [0.4, 0.5) is 4.39 Å². The number of piperidine rings is 1. The van der Waals surface area contributed by atoms with Crippen molar-refractivity contribution in [2.24, 2.45) is 5.92 Å². The lowest BCUT2D eigenvalue weighted by atomic mass is 9.94. The molecule has 0 radical (unpaired) electrons. The fraction of sp³-hybridized carbons (Fsp3) is 0.583. The number of nitrogens with zero attached hydrogens (tertiary/aromatic N) is 2. The van der Waals surface area contributed by atoms with E-state index in [1.54, 1.807) is 0 Å². The van der Waals surface area contributed by atoms with Crippen molar-refractivity contribution < 1.29 is 17.9 Å². The number of aliphatic hydroxyl groups is 1. The van der Waals surface area contributed by atoms with Gasteiger partial charge >= 0.3 is 0 Å². The molecule has 1 saturated heterocycles. The van der Waals surface area contributed by atoms with E-state index in [0.717, 1.165) is 6.07 Å². The molecule has 1 N–H and O–H groups in total. The Balaban J connectivity index is 2.28. The number of aliphatic hydroxyl groups excluding tert-OH is 1. The molecule has 2 heterocycles. The Morgan fingerprint density at radius 2 is 2.32 bits per heavy atom. The second kappa shape index (κ2) is 5.52. The van der Waals surface area contributed by atoms with Crippen LogP contribution in [0, 0.1) is 11.7 Å². The highest BCUT2D eigenvalue weighted by atomic mass is 32.2. The van der Waals surface area contributed by atoms with Crippen molar-refractivity contribution >= 4 is 10.0 Å². The minimum Gasteiger partial charge on any atom is -0.393 e. The van der Waals surface area contributed by atoms with Crippen molar-refractivity contribution in [3.8, 4) is 0 Å². The summed E-state index contributed by atoms with van der Waals surface area (Å²) >= 11 is 0. The highest BCUT2D eigenvalue weighted by molar-refractivity contribution is 7.89. The van der Waals surface area contributed by atoms with Crippen LogP contribution in [0.2, 0.25) is 0 Å². The minimum absolute atomic E-state index is 0.115. The fourth-order valence-electron chi connectivity index (χ4n) is 2.29. The molecule has 5 nitrogen and oxygen atoms in total. The number of rotatable bonds is 3. The number of hydrogen-bond acceptors (Lipinski definition) is 4. The highest BCUT2D eigenvalue weighted by Gasteiger charge is 2.35. The molecule has 1 aromatic rings. The molecule has 19 heavy (non-hydrogen) atoms. The quantitative estimate of drug-likeness (QED) is 0.901. The van der Waals surface area contributed by atoms with Crippen LogP contribution in [-0.2, 0) is 10.0 Å². The Morgan fingerprint density at radius 3 is 2.95 bits per heavy atom. The van der Waals surface area contributed by atoms with Gasteiger partial charge in [0.25, 0.3) is 10.0 Å². The Bertz CT molecular complexity index is 550. The third kappa shape index (κ3) is 2.77. The lowest BCUT2D eigenvalue weighted by Crippen LogP contribution is -2.46. The lowest BCUT2D eigenvalue weighted by Gasteiger charge is -2.34. The Kier molecular flexibility index (Phi) is 4.17. The summed E-state index contributed by atoms with van der Waals surface area (Å²) in [5.41, 5.74) is 0. The summed E-state index contributed by atoms with van der Waals surface area (Å²) in [4.78, 5) is 3.63. The topological polar surface area (TPSA) is 70.5 Å². The zero-order valence-electron chi connectivity index (χ0n) is 10.7. The zero-order valence-corrected chi connectivity index (χ0v) is 11.5. The molecule has 7 heteroatoms. The number of halogens is 1. The molecule has 0 bridgehead atoms. The lowest BCUT2D eigenvalue weighted by molar-refractivity contribution is 0.0519. The normalized spacial score (nSPS) is 25.4. The molecule has 0 amide bonds. The second-order valence-electron chi connectivity index (χ2n) is 4.68. The molecule has 0 aromatic carbocycles. The molecule has 1 aliphatic heterocycles. The highest BCUT2D eigenvalue weighted by Crippen LogP contribution is 2.25. The zero-order chi connectivity index (χ0) is 14.0. The van der Waals surface area contributed by atoms with Crippen LogP contribution in [-0.4, -0.2) is 42.0 Å². The Morgan fingerprint density at radius 1 is 1.58 bits per heavy atom. The van der Waals surface area contributed by atoms with Gasteiger partial charge in [0.2, 0.25) is 5.03 Å². The Hall–Kier alpha value is -1.05. The number of hydrogen-bond donors (Lipinski definition) is 1. The van der Waals surface area contributed by atoms with Gasteiger partial charge in [-0.05, 0) is 30.9 Å². The van der Waals surface area contributed by atoms with Gasteiger partial charge in [0.15, 0.2) is 5.82 Å². The van der Waals surface area contributed by atoms with E-state index in [-0.39, 0.29) is 19.0 Å². The van der Waals surface area contributed by atoms with Crippen molar-refractivity contribution in [3.05, 3.63) is 24.1 Å². The van der Waals surface area contributed by atoms with Gasteiger partial charge in [0.05, 0.1) is 6.10 Å². The van der Waals surface area contributed by atoms with Crippen molar-refractivity contribution in [1.29, 1.82) is 0 Å². The largest absolute Gasteiger partial charge is 0.393 e. The third-order valence-electron chi connectivity index (χ3n) is 3.49. The summed E-state index contributed by atoms with van der Waals surface area (Å²) in [5.74, 6) is -0.961. The van der Waals surface area contributed by atoms with Gasteiger partial charge in [-0.2, -0.15) is 4.31 Å². The van der Waals surface area contributed by atoms with Gasteiger partial charge in [0, 0.05) is 19.3 Å².